The molecule has 0 atom stereocenters. The van der Waals surface area contributed by atoms with Crippen molar-refractivity contribution in [2.24, 2.45) is 20.5 Å². The van der Waals surface area contributed by atoms with Crippen LogP contribution in [-0.4, -0.2) is 90.2 Å². The number of nitrogen functional groups attached to an aromatic ring is 1. The van der Waals surface area contributed by atoms with E-state index in [0.717, 1.165) is 30.3 Å². The van der Waals surface area contributed by atoms with Crippen LogP contribution in [0.4, 0.5) is 28.4 Å². The maximum absolute atomic E-state index is 12.8. The first-order valence-electron chi connectivity index (χ1n) is 14.9. The smallest absolute Gasteiger partial charge is 0.397 e. The lowest BCUT2D eigenvalue weighted by molar-refractivity contribution is -0.434. The number of nitrogens with zero attached hydrogens (tertiary/aromatic N) is 4. The summed E-state index contributed by atoms with van der Waals surface area (Å²) in [5, 5.41) is 50.4. The van der Waals surface area contributed by atoms with Crippen LogP contribution < -0.4 is 10.5 Å². The first-order valence-corrected chi connectivity index (χ1v) is 22.4. The van der Waals surface area contributed by atoms with Gasteiger partial charge in [0.05, 0.1) is 75.3 Å². The summed E-state index contributed by atoms with van der Waals surface area (Å²) in [7, 11) is -17.1. The summed E-state index contributed by atoms with van der Waals surface area (Å²) in [6.45, 7) is -1.30. The van der Waals surface area contributed by atoms with Gasteiger partial charge in [0.25, 0.3) is 10.1 Å². The first kappa shape index (κ1) is 46.5. The van der Waals surface area contributed by atoms with Gasteiger partial charge in [0.1, 0.15) is 27.7 Å². The van der Waals surface area contributed by atoms with Crippen LogP contribution in [0, 0.1) is 0 Å². The summed E-state index contributed by atoms with van der Waals surface area (Å²) in [5.74, 6) is -2.32. The van der Waals surface area contributed by atoms with Crippen LogP contribution in [0.5, 0.6) is 11.5 Å². The van der Waals surface area contributed by atoms with E-state index in [4.69, 9.17) is 29.7 Å². The number of sulfone groups is 2. The van der Waals surface area contributed by atoms with E-state index >= 15 is 0 Å². The van der Waals surface area contributed by atoms with Crippen LogP contribution >= 0.6 is 24.4 Å². The molecule has 0 heterocycles. The Bertz CT molecular complexity index is 2650. The fraction of sp³-hybridized carbons (Fsp3) is 0.185. The number of fused-ring (bicyclic) bond motifs is 1. The van der Waals surface area contributed by atoms with Gasteiger partial charge in [-0.25, -0.2) is 31.5 Å². The van der Waals surface area contributed by atoms with Crippen molar-refractivity contribution in [2.45, 2.75) is 19.6 Å². The van der Waals surface area contributed by atoms with E-state index in [0.29, 0.717) is 0 Å². The molecule has 0 bridgehead atoms. The van der Waals surface area contributed by atoms with Crippen molar-refractivity contribution in [2.75, 3.05) is 37.6 Å². The van der Waals surface area contributed by atoms with Crippen molar-refractivity contribution < 1.29 is 90.2 Å². The molecular weight excluding hydrogens is 907 g/mol. The third-order valence-corrected chi connectivity index (χ3v) is 12.8. The Morgan fingerprint density at radius 3 is 1.98 bits per heavy atom. The van der Waals surface area contributed by atoms with Gasteiger partial charge in [0.15, 0.2) is 37.7 Å². The van der Waals surface area contributed by atoms with Gasteiger partial charge in [-0.1, -0.05) is 10.1 Å². The van der Waals surface area contributed by atoms with Crippen LogP contribution in [0.2, 0.25) is 0 Å². The van der Waals surface area contributed by atoms with Gasteiger partial charge in [-0.3, -0.25) is 13.3 Å². The zero-order chi connectivity index (χ0) is 42.9. The predicted octanol–water partition coefficient (Wildman–Crippen LogP) is 5.01. The second-order valence-corrected chi connectivity index (χ2v) is 18.6. The molecule has 0 aromatic heterocycles. The van der Waals surface area contributed by atoms with Crippen molar-refractivity contribution in [1.29, 1.82) is 0 Å². The third-order valence-electron chi connectivity index (χ3n) is 7.10. The Morgan fingerprint density at radius 1 is 0.741 bits per heavy atom. The van der Waals surface area contributed by atoms with E-state index < -0.39 is 90.9 Å². The number of rotatable bonds is 21. The lowest BCUT2D eigenvalue weighted by Gasteiger charge is -2.14. The molecule has 0 fully saturated rings. The number of hydrogen-bond donors (Lipinski definition) is 6. The van der Waals surface area contributed by atoms with Crippen molar-refractivity contribution in [3.05, 3.63) is 54.6 Å². The maximum atomic E-state index is 12.8. The number of nitrogens with two attached hydrogens (primary N) is 1. The van der Waals surface area contributed by atoms with Gasteiger partial charge in [-0.15, -0.1) is 24.0 Å². The molecule has 0 saturated heterocycles. The normalized spacial score (nSPS) is 12.9. The summed E-state index contributed by atoms with van der Waals surface area (Å²) in [6.07, 6.45) is 0. The molecule has 0 aliphatic carbocycles. The van der Waals surface area contributed by atoms with Crippen molar-refractivity contribution in [3.8, 4) is 11.5 Å². The summed E-state index contributed by atoms with van der Waals surface area (Å²) in [4.78, 5) is -1.74. The fourth-order valence-corrected chi connectivity index (χ4v) is 8.67. The second kappa shape index (κ2) is 19.7. The van der Waals surface area contributed by atoms with Crippen molar-refractivity contribution in [3.63, 3.8) is 0 Å². The van der Waals surface area contributed by atoms with Gasteiger partial charge in [-0.05, 0) is 60.0 Å². The molecule has 4 aromatic carbocycles. The molecule has 0 radical (unpaired) electrons. The zero-order valence-electron chi connectivity index (χ0n) is 28.7. The molecule has 58 heavy (non-hydrogen) atoms. The van der Waals surface area contributed by atoms with Crippen LogP contribution in [-0.2, 0) is 67.3 Å². The minimum absolute atomic E-state index is 0.0438. The standard InChI is InChI=1S/C27H27N5O20S6/c1-46-20-7-6-18(56(38,39)11-9-48-58(43,44)45)14-19(20)30-32-26-22(57(40,41)42)13-15-12-21(53-51-49-34)25(27(33)23(15)24(26)28)31-29-16-2-4-17(5-3-16)55(36,37)10-8-47-54-52-50-35/h2-7,12-14,33-35H,8-11,28H2,1H3,(H,40,41,42)(H,43,44,45)/b31-29+,32-30+. The van der Waals surface area contributed by atoms with E-state index in [1.165, 1.54) is 31.4 Å². The Labute approximate surface area is 336 Å². The van der Waals surface area contributed by atoms with Crippen molar-refractivity contribution >= 4 is 104 Å². The number of methoxy groups -OCH3 is 1. The Morgan fingerprint density at radius 2 is 1.36 bits per heavy atom. The molecule has 0 aliphatic rings. The fourth-order valence-electron chi connectivity index (χ4n) is 4.59. The molecule has 25 nitrogen and oxygen atoms in total. The summed E-state index contributed by atoms with van der Waals surface area (Å²) >= 11 is 0.452. The maximum Gasteiger partial charge on any atom is 0.397 e. The molecule has 316 valence electrons. The molecule has 0 saturated carbocycles. The highest BCUT2D eigenvalue weighted by Gasteiger charge is 2.26. The SMILES string of the molecule is COc1ccc(S(=O)(=O)CCOS(=O)(=O)O)cc1/N=N/c1c(S(=O)(=O)O)cc2cc(SOOO)c(/N=N/c3ccc(S(=O)(=O)CCOSOOO)cc3)c(O)c2c1N. The molecule has 4 aromatic rings. The third kappa shape index (κ3) is 12.2. The van der Waals surface area contributed by atoms with Crippen molar-refractivity contribution in [1.82, 2.24) is 0 Å². The van der Waals surface area contributed by atoms with Crippen LogP contribution in [0.25, 0.3) is 10.8 Å². The number of azo groups is 2. The van der Waals surface area contributed by atoms with Gasteiger partial charge in [-0.2, -0.15) is 21.9 Å². The highest BCUT2D eigenvalue weighted by Crippen LogP contribution is 2.50. The average Bonchev–Trinajstić information content (AvgIpc) is 3.15. The van der Waals surface area contributed by atoms with Gasteiger partial charge < -0.3 is 15.6 Å². The average molecular weight is 934 g/mol. The highest BCUT2D eigenvalue weighted by atomic mass is 32.3. The molecule has 7 N–H and O–H groups in total. The van der Waals surface area contributed by atoms with E-state index in [-0.39, 0.29) is 68.7 Å². The Kier molecular flexibility index (Phi) is 15.8. The zero-order valence-corrected chi connectivity index (χ0v) is 33.6. The van der Waals surface area contributed by atoms with Gasteiger partial charge in [0, 0.05) is 0 Å². The molecule has 0 unspecified atom stereocenters. The lowest BCUT2D eigenvalue weighted by Crippen LogP contribution is -2.15. The summed E-state index contributed by atoms with van der Waals surface area (Å²) in [5.41, 5.74) is 4.19. The van der Waals surface area contributed by atoms with Crippen LogP contribution in [0.1, 0.15) is 0 Å². The highest BCUT2D eigenvalue weighted by molar-refractivity contribution is 7.94. The molecule has 0 aliphatic heterocycles. The lowest BCUT2D eigenvalue weighted by atomic mass is 10.1. The van der Waals surface area contributed by atoms with Gasteiger partial charge in [0.2, 0.25) is 0 Å². The monoisotopic (exact) mass is 933 g/mol. The summed E-state index contributed by atoms with van der Waals surface area (Å²) < 4.78 is 139. The Hall–Kier alpha value is -4.16. The summed E-state index contributed by atoms with van der Waals surface area (Å²) in [6, 6.07) is 9.94. The second-order valence-electron chi connectivity index (χ2n) is 10.7. The largest absolute Gasteiger partial charge is 0.505 e. The number of anilines is 1. The quantitative estimate of drug-likeness (QED) is 0.0122. The van der Waals surface area contributed by atoms with E-state index in [1.54, 1.807) is 0 Å². The van der Waals surface area contributed by atoms with E-state index in [1.807, 2.05) is 0 Å². The number of aromatic hydroxyl groups is 1. The topological polar surface area (TPSA) is 378 Å². The van der Waals surface area contributed by atoms with Crippen LogP contribution in [0.15, 0.2) is 94.6 Å². The van der Waals surface area contributed by atoms with Crippen LogP contribution in [0.3, 0.4) is 0 Å². The number of phenols is 1. The molecule has 0 amide bonds. The van der Waals surface area contributed by atoms with Gasteiger partial charge >= 0.3 is 10.4 Å². The first-order chi connectivity index (χ1) is 27.2. The van der Waals surface area contributed by atoms with E-state index in [9.17, 15) is 43.3 Å². The number of ether oxygens (including phenoxy) is 1. The minimum Gasteiger partial charge on any atom is -0.505 e. The number of benzene rings is 4. The minimum atomic E-state index is -5.18. The molecule has 4 rings (SSSR count). The molecule has 31 heteroatoms. The van der Waals surface area contributed by atoms with E-state index in [2.05, 4.69) is 43.4 Å². The molecule has 0 spiro atoms. The predicted molar refractivity (Wildman–Crippen MR) is 198 cm³/mol. The molecular formula is C27H27N5O20S6. The number of phenolic OH excluding ortho intramolecular Hbond substituents is 1. The Balaban J connectivity index is 1.79. The number of hydrogen-bond acceptors (Lipinski definition) is 25.